The van der Waals surface area contributed by atoms with Crippen LogP contribution in [0.2, 0.25) is 0 Å². The van der Waals surface area contributed by atoms with Gasteiger partial charge < -0.3 is 5.32 Å². The van der Waals surface area contributed by atoms with Crippen LogP contribution in [-0.4, -0.2) is 35.1 Å². The summed E-state index contributed by atoms with van der Waals surface area (Å²) < 4.78 is 0. The minimum atomic E-state index is -0.475. The third-order valence-electron chi connectivity index (χ3n) is 4.76. The molecule has 6 heteroatoms. The van der Waals surface area contributed by atoms with E-state index in [0.29, 0.717) is 6.42 Å². The Balaban J connectivity index is 1.88. The fourth-order valence-electron chi connectivity index (χ4n) is 3.15. The van der Waals surface area contributed by atoms with Crippen molar-refractivity contribution in [2.75, 3.05) is 7.05 Å². The summed E-state index contributed by atoms with van der Waals surface area (Å²) in [7, 11) is 1.62. The lowest BCUT2D eigenvalue weighted by molar-refractivity contribution is -0.129. The van der Waals surface area contributed by atoms with Crippen LogP contribution < -0.4 is 5.32 Å². The molecule has 0 spiro atoms. The molecule has 1 fully saturated rings. The van der Waals surface area contributed by atoms with Gasteiger partial charge in [-0.3, -0.25) is 19.9 Å². The van der Waals surface area contributed by atoms with E-state index in [0.717, 1.165) is 21.7 Å². The molecule has 5 nitrogen and oxygen atoms in total. The van der Waals surface area contributed by atoms with Crippen molar-refractivity contribution in [3.05, 3.63) is 40.1 Å². The number of guanidine groups is 1. The third kappa shape index (κ3) is 2.94. The molecule has 2 aliphatic rings. The molecular weight excluding hydrogens is 322 g/mol. The summed E-state index contributed by atoms with van der Waals surface area (Å²) >= 11 is 1.49. The van der Waals surface area contributed by atoms with Gasteiger partial charge in [-0.15, -0.1) is 11.3 Å². The second-order valence-electron chi connectivity index (χ2n) is 6.61. The molecule has 0 saturated carbocycles. The Hall–Kier alpha value is -2.21. The van der Waals surface area contributed by atoms with Crippen LogP contribution in [-0.2, 0) is 4.79 Å². The van der Waals surface area contributed by atoms with Crippen molar-refractivity contribution in [3.63, 3.8) is 0 Å². The SMILES string of the molecule is CC(=O)c1ccc(C2=C[C@H]([C@]3(C)CC(=O)N(C)C(=N)N3)CC=C2)s1. The lowest BCUT2D eigenvalue weighted by atomic mass is 9.76. The molecule has 3 rings (SSSR count). The number of ketones is 1. The molecule has 0 radical (unpaired) electrons. The van der Waals surface area contributed by atoms with Gasteiger partial charge in [0.1, 0.15) is 0 Å². The van der Waals surface area contributed by atoms with Crippen LogP contribution in [0.3, 0.4) is 0 Å². The smallest absolute Gasteiger partial charge is 0.231 e. The van der Waals surface area contributed by atoms with Crippen LogP contribution in [0.1, 0.15) is 41.2 Å². The zero-order valence-electron chi connectivity index (χ0n) is 14.1. The van der Waals surface area contributed by atoms with Crippen LogP contribution in [0.5, 0.6) is 0 Å². The molecule has 1 aliphatic carbocycles. The molecule has 0 aromatic carbocycles. The highest BCUT2D eigenvalue weighted by Gasteiger charge is 2.41. The van der Waals surface area contributed by atoms with E-state index in [-0.39, 0.29) is 23.6 Å². The molecule has 24 heavy (non-hydrogen) atoms. The first-order chi connectivity index (χ1) is 11.3. The van der Waals surface area contributed by atoms with E-state index in [4.69, 9.17) is 5.41 Å². The summed E-state index contributed by atoms with van der Waals surface area (Å²) in [5.41, 5.74) is 0.599. The monoisotopic (exact) mass is 343 g/mol. The van der Waals surface area contributed by atoms with Gasteiger partial charge in [0.05, 0.1) is 16.8 Å². The average molecular weight is 343 g/mol. The molecule has 1 aromatic heterocycles. The minimum Gasteiger partial charge on any atom is -0.350 e. The summed E-state index contributed by atoms with van der Waals surface area (Å²) in [6.07, 6.45) is 7.51. The van der Waals surface area contributed by atoms with Crippen molar-refractivity contribution >= 4 is 34.6 Å². The maximum Gasteiger partial charge on any atom is 0.231 e. The quantitative estimate of drug-likeness (QED) is 0.829. The van der Waals surface area contributed by atoms with E-state index in [2.05, 4.69) is 23.5 Å². The maximum atomic E-state index is 12.2. The highest BCUT2D eigenvalue weighted by atomic mass is 32.1. The van der Waals surface area contributed by atoms with E-state index >= 15 is 0 Å². The van der Waals surface area contributed by atoms with Gasteiger partial charge in [0, 0.05) is 17.8 Å². The molecule has 1 saturated heterocycles. The summed E-state index contributed by atoms with van der Waals surface area (Å²) in [5, 5.41) is 11.2. The number of nitrogens with one attached hydrogen (secondary N) is 2. The van der Waals surface area contributed by atoms with E-state index in [1.165, 1.54) is 16.2 Å². The van der Waals surface area contributed by atoms with Gasteiger partial charge in [-0.05, 0) is 38.0 Å². The summed E-state index contributed by atoms with van der Waals surface area (Å²) in [4.78, 5) is 26.8. The molecule has 0 unspecified atom stereocenters. The van der Waals surface area contributed by atoms with Crippen LogP contribution in [0.4, 0.5) is 0 Å². The Morgan fingerprint density at radius 3 is 2.83 bits per heavy atom. The van der Waals surface area contributed by atoms with Gasteiger partial charge in [0.2, 0.25) is 5.91 Å². The molecule has 0 bridgehead atoms. The first-order valence-electron chi connectivity index (χ1n) is 7.93. The number of hydrogen-bond donors (Lipinski definition) is 2. The average Bonchev–Trinajstić information content (AvgIpc) is 3.03. The van der Waals surface area contributed by atoms with Crippen molar-refractivity contribution in [2.45, 2.75) is 32.2 Å². The van der Waals surface area contributed by atoms with Crippen molar-refractivity contribution < 1.29 is 9.59 Å². The number of carbonyl (C=O) groups excluding carboxylic acids is 2. The Kier molecular flexibility index (Phi) is 4.17. The Labute approximate surface area is 145 Å². The van der Waals surface area contributed by atoms with E-state index in [1.54, 1.807) is 14.0 Å². The number of carbonyl (C=O) groups is 2. The first-order valence-corrected chi connectivity index (χ1v) is 8.74. The van der Waals surface area contributed by atoms with Gasteiger partial charge in [-0.1, -0.05) is 18.2 Å². The van der Waals surface area contributed by atoms with E-state index in [9.17, 15) is 9.59 Å². The Morgan fingerprint density at radius 2 is 2.21 bits per heavy atom. The fourth-order valence-corrected chi connectivity index (χ4v) is 4.06. The van der Waals surface area contributed by atoms with Crippen molar-refractivity contribution in [1.29, 1.82) is 5.41 Å². The standard InChI is InChI=1S/C18H21N3O2S/c1-11(22)14-7-8-15(24-14)12-5-4-6-13(9-12)18(2)10-16(23)21(3)17(19)20-18/h4-5,7-9,13H,6,10H2,1-3H3,(H2,19,20)/t13-,18+/m1/s1. The summed E-state index contributed by atoms with van der Waals surface area (Å²) in [6, 6.07) is 3.83. The van der Waals surface area contributed by atoms with Crippen molar-refractivity contribution in [3.8, 4) is 0 Å². The predicted octanol–water partition coefficient (Wildman–Crippen LogP) is 3.06. The molecular formula is C18H21N3O2S. The number of hydrogen-bond acceptors (Lipinski definition) is 4. The zero-order chi connectivity index (χ0) is 17.5. The van der Waals surface area contributed by atoms with Crippen LogP contribution >= 0.6 is 11.3 Å². The van der Waals surface area contributed by atoms with Gasteiger partial charge in [-0.25, -0.2) is 0 Å². The molecule has 2 atom stereocenters. The molecule has 1 aromatic rings. The summed E-state index contributed by atoms with van der Waals surface area (Å²) in [5.74, 6) is 0.290. The highest BCUT2D eigenvalue weighted by Crippen LogP contribution is 2.36. The van der Waals surface area contributed by atoms with Gasteiger partial charge in [-0.2, -0.15) is 0 Å². The predicted molar refractivity (Wildman–Crippen MR) is 96.2 cm³/mol. The lowest BCUT2D eigenvalue weighted by Crippen LogP contribution is -2.62. The fraction of sp³-hybridized carbons (Fsp3) is 0.389. The second kappa shape index (κ2) is 6.02. The van der Waals surface area contributed by atoms with E-state index < -0.39 is 5.54 Å². The zero-order valence-corrected chi connectivity index (χ0v) is 14.9. The third-order valence-corrected chi connectivity index (χ3v) is 5.99. The van der Waals surface area contributed by atoms with Crippen LogP contribution in [0.25, 0.3) is 5.57 Å². The number of rotatable bonds is 3. The molecule has 1 amide bonds. The molecule has 1 aliphatic heterocycles. The van der Waals surface area contributed by atoms with Crippen molar-refractivity contribution in [2.24, 2.45) is 5.92 Å². The Morgan fingerprint density at radius 1 is 1.46 bits per heavy atom. The Bertz CT molecular complexity index is 757. The van der Waals surface area contributed by atoms with E-state index in [1.807, 2.05) is 19.1 Å². The topological polar surface area (TPSA) is 73.3 Å². The number of amides is 1. The van der Waals surface area contributed by atoms with Gasteiger partial charge in [0.25, 0.3) is 0 Å². The second-order valence-corrected chi connectivity index (χ2v) is 7.69. The first kappa shape index (κ1) is 16.6. The van der Waals surface area contributed by atoms with Crippen LogP contribution in [0.15, 0.2) is 30.4 Å². The minimum absolute atomic E-state index is 0.0410. The molecule has 2 N–H and O–H groups in total. The number of Topliss-reactive ketones (excluding diaryl/α,β-unsaturated/α-hetero) is 1. The number of thiophene rings is 1. The molecule has 2 heterocycles. The highest BCUT2D eigenvalue weighted by molar-refractivity contribution is 7.15. The molecule has 126 valence electrons. The normalized spacial score (nSPS) is 27.0. The maximum absolute atomic E-state index is 12.2. The summed E-state index contributed by atoms with van der Waals surface area (Å²) in [6.45, 7) is 3.57. The lowest BCUT2D eigenvalue weighted by Gasteiger charge is -2.44. The van der Waals surface area contributed by atoms with Gasteiger partial charge >= 0.3 is 0 Å². The van der Waals surface area contributed by atoms with Gasteiger partial charge in [0.15, 0.2) is 11.7 Å². The number of nitrogens with zero attached hydrogens (tertiary/aromatic N) is 1. The largest absolute Gasteiger partial charge is 0.350 e. The van der Waals surface area contributed by atoms with Crippen molar-refractivity contribution in [1.82, 2.24) is 10.2 Å². The van der Waals surface area contributed by atoms with Crippen LogP contribution in [0, 0.1) is 11.3 Å². The number of allylic oxidation sites excluding steroid dienone is 3.